The number of nitrogens with one attached hydrogen (secondary N) is 1. The zero-order chi connectivity index (χ0) is 22.0. The average Bonchev–Trinajstić information content (AvgIpc) is 3.31. The molecular weight excluding hydrogens is 413 g/mol. The number of hydrogen-bond donors (Lipinski definition) is 1. The molecule has 4 aromatic rings. The third-order valence-corrected chi connectivity index (χ3v) is 4.26. The first-order valence-electron chi connectivity index (χ1n) is 9.20. The van der Waals surface area contributed by atoms with Gasteiger partial charge in [0.25, 0.3) is 0 Å². The van der Waals surface area contributed by atoms with Crippen LogP contribution in [-0.4, -0.2) is 43.1 Å². The fraction of sp³-hybridized carbons (Fsp3) is 0.200. The van der Waals surface area contributed by atoms with E-state index >= 15 is 0 Å². The molecule has 0 bridgehead atoms. The van der Waals surface area contributed by atoms with Crippen LogP contribution in [0, 0.1) is 6.92 Å². The number of anilines is 1. The van der Waals surface area contributed by atoms with E-state index in [-0.39, 0.29) is 18.2 Å². The standard InChI is InChI=1S/C20H17F3N6O2/c1-13-25-18-8-14(6-7-29(18)27-13)15-9-24-28(10-15)11-19(30)26-16-2-4-17(5-3-16)31-12-20(21,22)23/h2-10H,11-12H2,1H3,(H,26,30). The highest BCUT2D eigenvalue weighted by Crippen LogP contribution is 2.21. The number of alkyl halides is 3. The van der Waals surface area contributed by atoms with Gasteiger partial charge in [-0.05, 0) is 48.9 Å². The topological polar surface area (TPSA) is 86.3 Å². The molecule has 0 atom stereocenters. The van der Waals surface area contributed by atoms with Gasteiger partial charge in [0.2, 0.25) is 5.91 Å². The highest BCUT2D eigenvalue weighted by atomic mass is 19.4. The Bertz CT molecular complexity index is 1210. The third kappa shape index (κ3) is 5.18. The molecule has 3 aromatic heterocycles. The van der Waals surface area contributed by atoms with Crippen LogP contribution in [-0.2, 0) is 11.3 Å². The summed E-state index contributed by atoms with van der Waals surface area (Å²) >= 11 is 0. The number of aromatic nitrogens is 5. The van der Waals surface area contributed by atoms with E-state index in [2.05, 4.69) is 25.2 Å². The Balaban J connectivity index is 1.36. The molecule has 0 unspecified atom stereocenters. The molecule has 1 N–H and O–H groups in total. The summed E-state index contributed by atoms with van der Waals surface area (Å²) in [7, 11) is 0. The molecular formula is C20H17F3N6O2. The van der Waals surface area contributed by atoms with E-state index in [1.54, 1.807) is 23.1 Å². The fourth-order valence-corrected chi connectivity index (χ4v) is 2.92. The molecule has 0 saturated heterocycles. The number of carbonyl (C=O) groups excluding carboxylic acids is 1. The maximum Gasteiger partial charge on any atom is 0.422 e. The van der Waals surface area contributed by atoms with Crippen molar-refractivity contribution in [3.8, 4) is 16.9 Å². The number of rotatable bonds is 6. The Morgan fingerprint density at radius 2 is 1.94 bits per heavy atom. The van der Waals surface area contributed by atoms with Gasteiger partial charge >= 0.3 is 6.18 Å². The van der Waals surface area contributed by atoms with E-state index in [4.69, 9.17) is 0 Å². The summed E-state index contributed by atoms with van der Waals surface area (Å²) in [4.78, 5) is 16.6. The number of ether oxygens (including phenoxy) is 1. The van der Waals surface area contributed by atoms with Crippen LogP contribution in [0.4, 0.5) is 18.9 Å². The largest absolute Gasteiger partial charge is 0.484 e. The second-order valence-corrected chi connectivity index (χ2v) is 6.78. The number of pyridine rings is 1. The van der Waals surface area contributed by atoms with Gasteiger partial charge in [0.15, 0.2) is 12.3 Å². The highest BCUT2D eigenvalue weighted by molar-refractivity contribution is 5.90. The van der Waals surface area contributed by atoms with Gasteiger partial charge in [-0.1, -0.05) is 0 Å². The zero-order valence-corrected chi connectivity index (χ0v) is 16.3. The van der Waals surface area contributed by atoms with Crippen LogP contribution >= 0.6 is 0 Å². The first kappa shape index (κ1) is 20.4. The van der Waals surface area contributed by atoms with Gasteiger partial charge in [-0.3, -0.25) is 9.48 Å². The average molecular weight is 430 g/mol. The maximum atomic E-state index is 12.3. The Labute approximate surface area is 174 Å². The molecule has 0 aliphatic carbocycles. The van der Waals surface area contributed by atoms with E-state index in [1.165, 1.54) is 28.9 Å². The Kier molecular flexibility index (Phi) is 5.32. The van der Waals surface area contributed by atoms with Crippen LogP contribution in [0.15, 0.2) is 55.0 Å². The second kappa shape index (κ2) is 8.09. The minimum atomic E-state index is -4.41. The maximum absolute atomic E-state index is 12.3. The van der Waals surface area contributed by atoms with Gasteiger partial charge in [0, 0.05) is 23.6 Å². The molecule has 160 valence electrons. The predicted molar refractivity (Wildman–Crippen MR) is 106 cm³/mol. The minimum absolute atomic E-state index is 0.0292. The minimum Gasteiger partial charge on any atom is -0.484 e. The summed E-state index contributed by atoms with van der Waals surface area (Å²) in [6, 6.07) is 9.40. The molecule has 31 heavy (non-hydrogen) atoms. The number of hydrogen-bond acceptors (Lipinski definition) is 5. The molecule has 8 nitrogen and oxygen atoms in total. The highest BCUT2D eigenvalue weighted by Gasteiger charge is 2.28. The van der Waals surface area contributed by atoms with Crippen LogP contribution in [0.1, 0.15) is 5.82 Å². The molecule has 0 saturated carbocycles. The normalized spacial score (nSPS) is 11.6. The van der Waals surface area contributed by atoms with Gasteiger partial charge in [0.05, 0.1) is 6.20 Å². The van der Waals surface area contributed by atoms with E-state index in [9.17, 15) is 18.0 Å². The Morgan fingerprint density at radius 3 is 2.68 bits per heavy atom. The summed E-state index contributed by atoms with van der Waals surface area (Å²) in [6.45, 7) is 0.412. The van der Waals surface area contributed by atoms with E-state index in [1.807, 2.05) is 19.1 Å². The molecule has 1 aromatic carbocycles. The smallest absolute Gasteiger partial charge is 0.422 e. The second-order valence-electron chi connectivity index (χ2n) is 6.78. The van der Waals surface area contributed by atoms with Gasteiger partial charge < -0.3 is 10.1 Å². The number of carbonyl (C=O) groups is 1. The Hall–Kier alpha value is -3.89. The number of fused-ring (bicyclic) bond motifs is 1. The summed E-state index contributed by atoms with van der Waals surface area (Å²) in [5, 5.41) is 11.1. The van der Waals surface area contributed by atoms with Crippen molar-refractivity contribution in [1.29, 1.82) is 0 Å². The number of amides is 1. The van der Waals surface area contributed by atoms with Crippen molar-refractivity contribution in [2.75, 3.05) is 11.9 Å². The third-order valence-electron chi connectivity index (χ3n) is 4.26. The van der Waals surface area contributed by atoms with E-state index in [0.29, 0.717) is 17.2 Å². The lowest BCUT2D eigenvalue weighted by atomic mass is 10.1. The number of aryl methyl sites for hydroxylation is 1. The van der Waals surface area contributed by atoms with E-state index in [0.717, 1.165) is 11.1 Å². The number of nitrogens with zero attached hydrogens (tertiary/aromatic N) is 5. The summed E-state index contributed by atoms with van der Waals surface area (Å²) < 4.78 is 44.4. The molecule has 0 aliphatic heterocycles. The lowest BCUT2D eigenvalue weighted by Crippen LogP contribution is -2.19. The van der Waals surface area contributed by atoms with Crippen molar-refractivity contribution in [1.82, 2.24) is 24.4 Å². The first-order chi connectivity index (χ1) is 14.7. The van der Waals surface area contributed by atoms with Gasteiger partial charge in [-0.2, -0.15) is 23.4 Å². The first-order valence-corrected chi connectivity index (χ1v) is 9.20. The van der Waals surface area contributed by atoms with Crippen LogP contribution in [0.25, 0.3) is 16.8 Å². The SMILES string of the molecule is Cc1nc2cc(-c3cnn(CC(=O)Nc4ccc(OCC(F)(F)F)cc4)c3)ccn2n1. The van der Waals surface area contributed by atoms with Crippen molar-refractivity contribution >= 4 is 17.2 Å². The Morgan fingerprint density at radius 1 is 1.16 bits per heavy atom. The quantitative estimate of drug-likeness (QED) is 0.506. The van der Waals surface area contributed by atoms with Crippen molar-refractivity contribution in [2.45, 2.75) is 19.6 Å². The lowest BCUT2D eigenvalue weighted by molar-refractivity contribution is -0.153. The van der Waals surface area contributed by atoms with Crippen LogP contribution in [0.3, 0.4) is 0 Å². The summed E-state index contributed by atoms with van der Waals surface area (Å²) in [6.07, 6.45) is 0.782. The molecule has 0 aliphatic rings. The van der Waals surface area contributed by atoms with E-state index < -0.39 is 12.8 Å². The summed E-state index contributed by atoms with van der Waals surface area (Å²) in [5.41, 5.74) is 2.86. The van der Waals surface area contributed by atoms with Crippen LogP contribution < -0.4 is 10.1 Å². The van der Waals surface area contributed by atoms with Crippen LogP contribution in [0.2, 0.25) is 0 Å². The molecule has 11 heteroatoms. The van der Waals surface area contributed by atoms with Crippen molar-refractivity contribution in [3.05, 3.63) is 60.8 Å². The zero-order valence-electron chi connectivity index (χ0n) is 16.3. The number of halogens is 3. The van der Waals surface area contributed by atoms with Crippen molar-refractivity contribution in [3.63, 3.8) is 0 Å². The van der Waals surface area contributed by atoms with Crippen LogP contribution in [0.5, 0.6) is 5.75 Å². The predicted octanol–water partition coefficient (Wildman–Crippen LogP) is 3.48. The van der Waals surface area contributed by atoms with Gasteiger partial charge in [0.1, 0.15) is 18.1 Å². The van der Waals surface area contributed by atoms with Gasteiger partial charge in [-0.15, -0.1) is 0 Å². The monoisotopic (exact) mass is 430 g/mol. The van der Waals surface area contributed by atoms with Gasteiger partial charge in [-0.25, -0.2) is 9.50 Å². The van der Waals surface area contributed by atoms with Crippen molar-refractivity contribution in [2.24, 2.45) is 0 Å². The number of benzene rings is 1. The van der Waals surface area contributed by atoms with Crippen molar-refractivity contribution < 1.29 is 22.7 Å². The molecule has 3 heterocycles. The molecule has 0 fully saturated rings. The molecule has 4 rings (SSSR count). The molecule has 1 amide bonds. The lowest BCUT2D eigenvalue weighted by Gasteiger charge is -2.10. The molecule has 0 spiro atoms. The summed E-state index contributed by atoms with van der Waals surface area (Å²) in [5.74, 6) is 0.401. The molecule has 0 radical (unpaired) electrons. The fourth-order valence-electron chi connectivity index (χ4n) is 2.92.